The summed E-state index contributed by atoms with van der Waals surface area (Å²) < 4.78 is 5.40. The predicted molar refractivity (Wildman–Crippen MR) is 122 cm³/mol. The maximum Gasteiger partial charge on any atom is 0.342 e. The van der Waals surface area contributed by atoms with Crippen LogP contribution >= 0.6 is 0 Å². The van der Waals surface area contributed by atoms with Crippen LogP contribution in [0.4, 0.5) is 0 Å². The van der Waals surface area contributed by atoms with Crippen LogP contribution in [0.3, 0.4) is 0 Å². The first-order chi connectivity index (χ1) is 17.1. The fraction of sp³-hybridized carbons (Fsp3) is 0.308. The zero-order valence-corrected chi connectivity index (χ0v) is 18.8. The van der Waals surface area contributed by atoms with Gasteiger partial charge in [0.2, 0.25) is 5.78 Å². The minimum Gasteiger partial charge on any atom is -0.508 e. The number of aliphatic hydroxyl groups is 3. The standard InChI is InChI=1S/C26H22O10/c27-16-5-4-14(17(28)10-13-3-1-2-6-36-13)15-8-11-7-12-9-18(29)21(25(33)34)24(32)26(12,35)23(31)19(11)22(30)20(15)16/h1-6,11-13,27,30,32,35H,7-10H2,(H,33,34)/t11-,12+,13?,26+/m1/s1. The normalized spacial score (nSPS) is 28.9. The van der Waals surface area contributed by atoms with Crippen LogP contribution in [0.5, 0.6) is 5.75 Å². The average Bonchev–Trinajstić information content (AvgIpc) is 2.82. The summed E-state index contributed by atoms with van der Waals surface area (Å²) in [7, 11) is 0. The third kappa shape index (κ3) is 3.29. The first-order valence-corrected chi connectivity index (χ1v) is 11.3. The molecule has 4 aliphatic rings. The Hall–Kier alpha value is -4.18. The van der Waals surface area contributed by atoms with Gasteiger partial charge in [0.05, 0.1) is 18.2 Å². The number of benzene rings is 1. The second kappa shape index (κ2) is 8.20. The van der Waals surface area contributed by atoms with Crippen molar-refractivity contribution in [1.82, 2.24) is 0 Å². The molecule has 1 heterocycles. The molecule has 1 aromatic rings. The summed E-state index contributed by atoms with van der Waals surface area (Å²) in [6.45, 7) is 0. The van der Waals surface area contributed by atoms with E-state index in [1.807, 2.05) is 0 Å². The molecule has 1 aliphatic heterocycles. The molecule has 0 aromatic heterocycles. The topological polar surface area (TPSA) is 179 Å². The molecule has 36 heavy (non-hydrogen) atoms. The van der Waals surface area contributed by atoms with E-state index < -0.39 is 70.3 Å². The minimum atomic E-state index is -2.71. The Bertz CT molecular complexity index is 1360. The Balaban J connectivity index is 1.60. The molecule has 1 fully saturated rings. The summed E-state index contributed by atoms with van der Waals surface area (Å²) >= 11 is 0. The van der Waals surface area contributed by atoms with Crippen LogP contribution < -0.4 is 0 Å². The van der Waals surface area contributed by atoms with E-state index in [-0.39, 0.29) is 41.7 Å². The molecular weight excluding hydrogens is 472 g/mol. The molecule has 5 rings (SSSR count). The van der Waals surface area contributed by atoms with Crippen molar-refractivity contribution in [3.05, 3.63) is 70.2 Å². The summed E-state index contributed by atoms with van der Waals surface area (Å²) in [5.74, 6) is -8.34. The Morgan fingerprint density at radius 3 is 2.50 bits per heavy atom. The number of carbonyl (C=O) groups is 4. The SMILES string of the molecule is O=C(O)C1=C(O)[C@@]2(O)C(=O)C3=C(O)c4c(O)ccc(C(=O)CC5C=CC=CO5)c4C[C@H]3C[C@H]2CC1=O. The highest BCUT2D eigenvalue weighted by Crippen LogP contribution is 2.52. The van der Waals surface area contributed by atoms with Crippen molar-refractivity contribution in [3.8, 4) is 5.75 Å². The number of phenolic OH excluding ortho intramolecular Hbond substituents is 1. The highest BCUT2D eigenvalue weighted by atomic mass is 16.5. The number of carboxylic acids is 1. The lowest BCUT2D eigenvalue weighted by Gasteiger charge is -2.46. The quantitative estimate of drug-likeness (QED) is 0.307. The molecule has 0 saturated heterocycles. The van der Waals surface area contributed by atoms with Gasteiger partial charge in [0, 0.05) is 23.5 Å². The van der Waals surface area contributed by atoms with E-state index in [2.05, 4.69) is 0 Å². The van der Waals surface area contributed by atoms with Gasteiger partial charge in [-0.2, -0.15) is 0 Å². The maximum atomic E-state index is 13.5. The van der Waals surface area contributed by atoms with Crippen molar-refractivity contribution >= 4 is 29.1 Å². The van der Waals surface area contributed by atoms with Gasteiger partial charge in [-0.1, -0.05) is 6.08 Å². The van der Waals surface area contributed by atoms with E-state index in [9.17, 15) is 44.7 Å². The van der Waals surface area contributed by atoms with E-state index in [4.69, 9.17) is 4.74 Å². The predicted octanol–water partition coefficient (Wildman–Crippen LogP) is 2.06. The molecule has 1 aromatic carbocycles. The lowest BCUT2D eigenvalue weighted by molar-refractivity contribution is -0.149. The zero-order valence-electron chi connectivity index (χ0n) is 18.8. The number of ether oxygens (including phenoxy) is 1. The molecular formula is C26H22O10. The van der Waals surface area contributed by atoms with Crippen LogP contribution in [0, 0.1) is 11.8 Å². The van der Waals surface area contributed by atoms with E-state index in [0.717, 1.165) is 0 Å². The fourth-order valence-corrected chi connectivity index (χ4v) is 5.68. The largest absolute Gasteiger partial charge is 0.508 e. The molecule has 5 N–H and O–H groups in total. The lowest BCUT2D eigenvalue weighted by Crippen LogP contribution is -2.58. The van der Waals surface area contributed by atoms with E-state index >= 15 is 0 Å². The number of aromatic hydroxyl groups is 1. The molecule has 10 nitrogen and oxygen atoms in total. The van der Waals surface area contributed by atoms with E-state index in [1.54, 1.807) is 18.2 Å². The summed E-state index contributed by atoms with van der Waals surface area (Å²) in [5, 5.41) is 52.7. The second-order valence-corrected chi connectivity index (χ2v) is 9.35. The molecule has 4 atom stereocenters. The number of phenols is 1. The van der Waals surface area contributed by atoms with Crippen LogP contribution in [0.25, 0.3) is 5.76 Å². The van der Waals surface area contributed by atoms with Crippen molar-refractivity contribution in [2.24, 2.45) is 11.8 Å². The molecule has 3 aliphatic carbocycles. The Morgan fingerprint density at radius 2 is 1.83 bits per heavy atom. The fourth-order valence-electron chi connectivity index (χ4n) is 5.68. The van der Waals surface area contributed by atoms with Gasteiger partial charge in [-0.25, -0.2) is 4.79 Å². The minimum absolute atomic E-state index is 0.00744. The van der Waals surface area contributed by atoms with Gasteiger partial charge in [-0.05, 0) is 48.6 Å². The number of hydrogen-bond acceptors (Lipinski definition) is 9. The van der Waals surface area contributed by atoms with Gasteiger partial charge in [0.25, 0.3) is 0 Å². The monoisotopic (exact) mass is 494 g/mol. The van der Waals surface area contributed by atoms with Crippen LogP contribution in [0.15, 0.2) is 53.5 Å². The van der Waals surface area contributed by atoms with Gasteiger partial charge in [0.15, 0.2) is 22.9 Å². The average molecular weight is 494 g/mol. The van der Waals surface area contributed by atoms with Crippen molar-refractivity contribution < 1.29 is 49.4 Å². The number of allylic oxidation sites excluding steroid dienone is 2. The number of aliphatic hydroxyl groups excluding tert-OH is 2. The van der Waals surface area contributed by atoms with Crippen LogP contribution in [-0.2, 0) is 25.5 Å². The number of Topliss-reactive ketones (excluding diaryl/α,β-unsaturated/α-hetero) is 3. The first-order valence-electron chi connectivity index (χ1n) is 11.3. The van der Waals surface area contributed by atoms with Gasteiger partial charge in [0.1, 0.15) is 23.2 Å². The van der Waals surface area contributed by atoms with Crippen LogP contribution in [0.2, 0.25) is 0 Å². The molecule has 186 valence electrons. The summed E-state index contributed by atoms with van der Waals surface area (Å²) in [5.41, 5.74) is -3.68. The van der Waals surface area contributed by atoms with Crippen molar-refractivity contribution in [3.63, 3.8) is 0 Å². The smallest absolute Gasteiger partial charge is 0.342 e. The van der Waals surface area contributed by atoms with E-state index in [0.29, 0.717) is 5.56 Å². The number of carboxylic acid groups (broad SMARTS) is 1. The molecule has 0 bridgehead atoms. The van der Waals surface area contributed by atoms with Crippen molar-refractivity contribution in [2.45, 2.75) is 37.4 Å². The van der Waals surface area contributed by atoms with Gasteiger partial charge < -0.3 is 30.3 Å². The Labute approximate surface area is 204 Å². The maximum absolute atomic E-state index is 13.5. The third-order valence-electron chi connectivity index (χ3n) is 7.37. The second-order valence-electron chi connectivity index (χ2n) is 9.35. The van der Waals surface area contributed by atoms with Gasteiger partial charge >= 0.3 is 5.97 Å². The molecule has 0 radical (unpaired) electrons. The third-order valence-corrected chi connectivity index (χ3v) is 7.37. The summed E-state index contributed by atoms with van der Waals surface area (Å²) in [4.78, 5) is 50.5. The molecule has 1 unspecified atom stereocenters. The Morgan fingerprint density at radius 1 is 1.08 bits per heavy atom. The van der Waals surface area contributed by atoms with E-state index in [1.165, 1.54) is 18.4 Å². The summed E-state index contributed by atoms with van der Waals surface area (Å²) in [6, 6.07) is 2.64. The number of ketones is 3. The number of fused-ring (bicyclic) bond motifs is 3. The van der Waals surface area contributed by atoms with Crippen LogP contribution in [-0.4, -0.2) is 60.6 Å². The zero-order chi connectivity index (χ0) is 25.9. The number of hydrogen-bond donors (Lipinski definition) is 5. The van der Waals surface area contributed by atoms with Crippen molar-refractivity contribution in [1.29, 1.82) is 0 Å². The summed E-state index contributed by atoms with van der Waals surface area (Å²) in [6.07, 6.45) is 5.60. The van der Waals surface area contributed by atoms with Gasteiger partial charge in [-0.15, -0.1) is 0 Å². The highest BCUT2D eigenvalue weighted by Gasteiger charge is 2.60. The molecule has 0 spiro atoms. The first kappa shape index (κ1) is 23.6. The van der Waals surface area contributed by atoms with Crippen LogP contribution in [0.1, 0.15) is 40.7 Å². The molecule has 0 amide bonds. The van der Waals surface area contributed by atoms with Crippen molar-refractivity contribution in [2.75, 3.05) is 0 Å². The van der Waals surface area contributed by atoms with Gasteiger partial charge in [-0.3, -0.25) is 14.4 Å². The number of carbonyl (C=O) groups excluding carboxylic acids is 3. The molecule has 10 heteroatoms. The highest BCUT2D eigenvalue weighted by molar-refractivity contribution is 6.21. The Kier molecular flexibility index (Phi) is 5.36. The molecule has 1 saturated carbocycles. The number of rotatable bonds is 4. The number of aliphatic carboxylic acids is 1. The lowest BCUT2D eigenvalue weighted by atomic mass is 9.59.